The van der Waals surface area contributed by atoms with Gasteiger partial charge in [0.15, 0.2) is 0 Å². The minimum Gasteiger partial charge on any atom is -0.381 e. The summed E-state index contributed by atoms with van der Waals surface area (Å²) in [6.45, 7) is 6.47. The van der Waals surface area contributed by atoms with Gasteiger partial charge in [0, 0.05) is 26.6 Å². The molecular weight excluding hydrogens is 214 g/mol. The van der Waals surface area contributed by atoms with Crippen LogP contribution in [0.4, 0.5) is 0 Å². The monoisotopic (exact) mass is 241 g/mol. The van der Waals surface area contributed by atoms with Crippen LogP contribution in [0, 0.1) is 0 Å². The fourth-order valence-electron chi connectivity index (χ4n) is 3.42. The highest BCUT2D eigenvalue weighted by Gasteiger charge is 2.46. The van der Waals surface area contributed by atoms with Gasteiger partial charge in [-0.25, -0.2) is 0 Å². The van der Waals surface area contributed by atoms with Gasteiger partial charge in [-0.05, 0) is 32.1 Å². The highest BCUT2D eigenvalue weighted by Crippen LogP contribution is 2.40. The SMILES string of the molecule is CCC1(CC)CNCC2(CCCC(OC)C2)O1. The van der Waals surface area contributed by atoms with E-state index < -0.39 is 0 Å². The summed E-state index contributed by atoms with van der Waals surface area (Å²) < 4.78 is 12.1. The standard InChI is InChI=1S/C14H27NO2/c1-4-13(5-2)10-15-11-14(17-13)8-6-7-12(9-14)16-3/h12,15H,4-11H2,1-3H3. The van der Waals surface area contributed by atoms with E-state index in [9.17, 15) is 0 Å². The van der Waals surface area contributed by atoms with Gasteiger partial charge in [-0.3, -0.25) is 0 Å². The molecule has 1 saturated heterocycles. The summed E-state index contributed by atoms with van der Waals surface area (Å²) in [6.07, 6.45) is 7.22. The van der Waals surface area contributed by atoms with E-state index in [1.807, 2.05) is 7.11 Å². The van der Waals surface area contributed by atoms with Gasteiger partial charge >= 0.3 is 0 Å². The van der Waals surface area contributed by atoms with Crippen molar-refractivity contribution in [3.8, 4) is 0 Å². The first-order valence-electron chi connectivity index (χ1n) is 7.11. The molecule has 0 amide bonds. The summed E-state index contributed by atoms with van der Waals surface area (Å²) in [7, 11) is 1.83. The first kappa shape index (κ1) is 13.3. The van der Waals surface area contributed by atoms with E-state index in [0.717, 1.165) is 32.4 Å². The normalized spacial score (nSPS) is 37.2. The van der Waals surface area contributed by atoms with Gasteiger partial charge in [-0.1, -0.05) is 13.8 Å². The summed E-state index contributed by atoms with van der Waals surface area (Å²) in [6, 6.07) is 0. The number of morpholine rings is 1. The van der Waals surface area contributed by atoms with Crippen LogP contribution in [0.1, 0.15) is 52.4 Å². The average Bonchev–Trinajstić information content (AvgIpc) is 2.38. The van der Waals surface area contributed by atoms with Gasteiger partial charge in [-0.2, -0.15) is 0 Å². The highest BCUT2D eigenvalue weighted by atomic mass is 16.5. The largest absolute Gasteiger partial charge is 0.381 e. The maximum Gasteiger partial charge on any atom is 0.0839 e. The topological polar surface area (TPSA) is 30.5 Å². The van der Waals surface area contributed by atoms with Crippen LogP contribution >= 0.6 is 0 Å². The number of rotatable bonds is 3. The fourth-order valence-corrected chi connectivity index (χ4v) is 3.42. The molecule has 3 heteroatoms. The Morgan fingerprint density at radius 1 is 1.29 bits per heavy atom. The maximum absolute atomic E-state index is 6.59. The fraction of sp³-hybridized carbons (Fsp3) is 1.00. The molecule has 0 aromatic heterocycles. The Bertz CT molecular complexity index is 249. The zero-order valence-corrected chi connectivity index (χ0v) is 11.6. The smallest absolute Gasteiger partial charge is 0.0839 e. The van der Waals surface area contributed by atoms with Crippen LogP contribution in [0.2, 0.25) is 0 Å². The number of nitrogens with one attached hydrogen (secondary N) is 1. The van der Waals surface area contributed by atoms with E-state index in [2.05, 4.69) is 19.2 Å². The van der Waals surface area contributed by atoms with E-state index in [-0.39, 0.29) is 11.2 Å². The summed E-state index contributed by atoms with van der Waals surface area (Å²) in [5, 5.41) is 3.60. The van der Waals surface area contributed by atoms with Crippen molar-refractivity contribution in [2.24, 2.45) is 0 Å². The average molecular weight is 241 g/mol. The minimum atomic E-state index is 0.0309. The number of hydrogen-bond donors (Lipinski definition) is 1. The van der Waals surface area contributed by atoms with E-state index in [4.69, 9.17) is 9.47 Å². The number of methoxy groups -OCH3 is 1. The lowest BCUT2D eigenvalue weighted by Crippen LogP contribution is -2.61. The zero-order chi connectivity index (χ0) is 12.4. The summed E-state index contributed by atoms with van der Waals surface area (Å²) >= 11 is 0. The first-order valence-corrected chi connectivity index (χ1v) is 7.11. The second-order valence-corrected chi connectivity index (χ2v) is 5.73. The van der Waals surface area contributed by atoms with Crippen molar-refractivity contribution >= 4 is 0 Å². The van der Waals surface area contributed by atoms with Gasteiger partial charge < -0.3 is 14.8 Å². The van der Waals surface area contributed by atoms with Crippen LogP contribution in [0.15, 0.2) is 0 Å². The molecular formula is C14H27NO2. The van der Waals surface area contributed by atoms with Crippen LogP contribution in [0.25, 0.3) is 0 Å². The Kier molecular flexibility index (Phi) is 4.11. The van der Waals surface area contributed by atoms with E-state index in [1.54, 1.807) is 0 Å². The molecule has 17 heavy (non-hydrogen) atoms. The third-order valence-corrected chi connectivity index (χ3v) is 4.71. The molecule has 2 atom stereocenters. The quantitative estimate of drug-likeness (QED) is 0.823. The summed E-state index contributed by atoms with van der Waals surface area (Å²) in [4.78, 5) is 0. The molecule has 1 saturated carbocycles. The zero-order valence-electron chi connectivity index (χ0n) is 11.6. The molecule has 0 radical (unpaired) electrons. The molecule has 100 valence electrons. The Morgan fingerprint density at radius 2 is 2.06 bits per heavy atom. The highest BCUT2D eigenvalue weighted by molar-refractivity contribution is 4.99. The van der Waals surface area contributed by atoms with Crippen LogP contribution in [-0.2, 0) is 9.47 Å². The van der Waals surface area contributed by atoms with Gasteiger partial charge in [0.25, 0.3) is 0 Å². The summed E-state index contributed by atoms with van der Waals surface area (Å²) in [5.41, 5.74) is 0.0804. The van der Waals surface area contributed by atoms with E-state index >= 15 is 0 Å². The lowest BCUT2D eigenvalue weighted by atomic mass is 9.79. The molecule has 2 fully saturated rings. The minimum absolute atomic E-state index is 0.0309. The molecule has 1 aliphatic carbocycles. The lowest BCUT2D eigenvalue weighted by molar-refractivity contribution is -0.207. The van der Waals surface area contributed by atoms with Crippen LogP contribution < -0.4 is 5.32 Å². The van der Waals surface area contributed by atoms with Crippen molar-refractivity contribution in [1.29, 1.82) is 0 Å². The second-order valence-electron chi connectivity index (χ2n) is 5.73. The molecule has 3 nitrogen and oxygen atoms in total. The van der Waals surface area contributed by atoms with Crippen molar-refractivity contribution in [3.63, 3.8) is 0 Å². The molecule has 0 aromatic carbocycles. The molecule has 2 unspecified atom stereocenters. The Labute approximate surface area is 105 Å². The molecule has 2 rings (SSSR count). The predicted molar refractivity (Wildman–Crippen MR) is 69.3 cm³/mol. The van der Waals surface area contributed by atoms with Gasteiger partial charge in [0.2, 0.25) is 0 Å². The Balaban J connectivity index is 2.08. The predicted octanol–water partition coefficient (Wildman–Crippen LogP) is 2.49. The molecule has 1 aliphatic heterocycles. The van der Waals surface area contributed by atoms with Crippen LogP contribution in [0.5, 0.6) is 0 Å². The third-order valence-electron chi connectivity index (χ3n) is 4.71. The van der Waals surface area contributed by atoms with Crippen LogP contribution in [-0.4, -0.2) is 37.5 Å². The van der Waals surface area contributed by atoms with Crippen molar-refractivity contribution in [3.05, 3.63) is 0 Å². The van der Waals surface area contributed by atoms with Crippen molar-refractivity contribution in [1.82, 2.24) is 5.32 Å². The second kappa shape index (κ2) is 5.25. The Morgan fingerprint density at radius 3 is 2.71 bits per heavy atom. The molecule has 0 bridgehead atoms. The molecule has 0 aromatic rings. The van der Waals surface area contributed by atoms with Gasteiger partial charge in [-0.15, -0.1) is 0 Å². The van der Waals surface area contributed by atoms with E-state index in [1.165, 1.54) is 19.3 Å². The maximum atomic E-state index is 6.59. The van der Waals surface area contributed by atoms with Crippen LogP contribution in [0.3, 0.4) is 0 Å². The summed E-state index contributed by atoms with van der Waals surface area (Å²) in [5.74, 6) is 0. The van der Waals surface area contributed by atoms with Crippen molar-refractivity contribution in [2.75, 3.05) is 20.2 Å². The molecule has 1 heterocycles. The number of ether oxygens (including phenoxy) is 2. The number of hydrogen-bond acceptors (Lipinski definition) is 3. The molecule has 1 N–H and O–H groups in total. The van der Waals surface area contributed by atoms with Crippen molar-refractivity contribution in [2.45, 2.75) is 69.7 Å². The lowest BCUT2D eigenvalue weighted by Gasteiger charge is -2.51. The Hall–Kier alpha value is -0.120. The first-order chi connectivity index (χ1) is 8.17. The molecule has 1 spiro atoms. The van der Waals surface area contributed by atoms with E-state index in [0.29, 0.717) is 6.10 Å². The van der Waals surface area contributed by atoms with Gasteiger partial charge in [0.1, 0.15) is 0 Å². The van der Waals surface area contributed by atoms with Crippen molar-refractivity contribution < 1.29 is 9.47 Å². The molecule has 2 aliphatic rings. The van der Waals surface area contributed by atoms with Gasteiger partial charge in [0.05, 0.1) is 17.3 Å². The third kappa shape index (κ3) is 2.67.